The maximum Gasteiger partial charge on any atom is 0.214 e. The van der Waals surface area contributed by atoms with Gasteiger partial charge in [0.15, 0.2) is 0 Å². The second-order valence-corrected chi connectivity index (χ2v) is 7.95. The molecular weight excluding hydrogens is 264 g/mol. The van der Waals surface area contributed by atoms with Gasteiger partial charge < -0.3 is 10.5 Å². The van der Waals surface area contributed by atoms with E-state index in [9.17, 15) is 8.42 Å². The average Bonchev–Trinajstić information content (AvgIpc) is 2.84. The van der Waals surface area contributed by atoms with Crippen LogP contribution in [-0.4, -0.2) is 39.0 Å². The van der Waals surface area contributed by atoms with E-state index in [-0.39, 0.29) is 11.9 Å². The van der Waals surface area contributed by atoms with E-state index in [0.29, 0.717) is 19.1 Å². The van der Waals surface area contributed by atoms with Crippen LogP contribution >= 0.6 is 0 Å². The number of nitrogens with one attached hydrogen (secondary N) is 1. The van der Waals surface area contributed by atoms with Crippen molar-refractivity contribution in [1.82, 2.24) is 4.72 Å². The molecule has 2 rings (SSSR count). The van der Waals surface area contributed by atoms with Gasteiger partial charge in [-0.2, -0.15) is 0 Å². The third-order valence-electron chi connectivity index (χ3n) is 4.42. The van der Waals surface area contributed by atoms with Gasteiger partial charge in [-0.05, 0) is 44.4 Å². The highest BCUT2D eigenvalue weighted by Gasteiger charge is 2.37. The Hall–Kier alpha value is -0.170. The first-order valence-electron chi connectivity index (χ1n) is 7.28. The Labute approximate surface area is 116 Å². The van der Waals surface area contributed by atoms with Crippen molar-refractivity contribution in [1.29, 1.82) is 0 Å². The smallest absolute Gasteiger partial charge is 0.214 e. The van der Waals surface area contributed by atoms with Gasteiger partial charge in [-0.1, -0.05) is 6.92 Å². The summed E-state index contributed by atoms with van der Waals surface area (Å²) in [6.45, 7) is 3.27. The third-order valence-corrected chi connectivity index (χ3v) is 5.98. The van der Waals surface area contributed by atoms with Gasteiger partial charge in [0.05, 0.1) is 11.9 Å². The molecule has 5 nitrogen and oxygen atoms in total. The van der Waals surface area contributed by atoms with Crippen LogP contribution in [0.4, 0.5) is 0 Å². The first kappa shape index (κ1) is 15.2. The van der Waals surface area contributed by atoms with Gasteiger partial charge in [0, 0.05) is 18.7 Å². The minimum Gasteiger partial charge on any atom is -0.377 e. The predicted octanol–water partition coefficient (Wildman–Crippen LogP) is 0.992. The SMILES string of the molecule is CC1CCC(CN)(NS(=O)(=O)CC2CCCO2)CC1. The lowest BCUT2D eigenvalue weighted by Gasteiger charge is -2.39. The Morgan fingerprint density at radius 1 is 1.32 bits per heavy atom. The lowest BCUT2D eigenvalue weighted by Crippen LogP contribution is -2.56. The van der Waals surface area contributed by atoms with Crippen LogP contribution in [0.5, 0.6) is 0 Å². The summed E-state index contributed by atoms with van der Waals surface area (Å²) in [5, 5.41) is 0. The lowest BCUT2D eigenvalue weighted by atomic mass is 9.78. The van der Waals surface area contributed by atoms with Crippen LogP contribution in [-0.2, 0) is 14.8 Å². The molecule has 0 amide bonds. The highest BCUT2D eigenvalue weighted by Crippen LogP contribution is 2.32. The molecular formula is C13H26N2O3S. The van der Waals surface area contributed by atoms with Crippen molar-refractivity contribution in [2.24, 2.45) is 11.7 Å². The zero-order chi connectivity index (χ0) is 13.9. The second-order valence-electron chi connectivity index (χ2n) is 6.19. The summed E-state index contributed by atoms with van der Waals surface area (Å²) in [7, 11) is -3.31. The summed E-state index contributed by atoms with van der Waals surface area (Å²) in [5.41, 5.74) is 5.41. The van der Waals surface area contributed by atoms with E-state index >= 15 is 0 Å². The van der Waals surface area contributed by atoms with Gasteiger partial charge in [0.25, 0.3) is 0 Å². The first-order chi connectivity index (χ1) is 8.95. The van der Waals surface area contributed by atoms with E-state index in [1.165, 1.54) is 0 Å². The van der Waals surface area contributed by atoms with E-state index in [1.807, 2.05) is 0 Å². The fourth-order valence-corrected chi connectivity index (χ4v) is 4.84. The zero-order valence-corrected chi connectivity index (χ0v) is 12.5. The quantitative estimate of drug-likeness (QED) is 0.791. The molecule has 1 saturated carbocycles. The molecule has 6 heteroatoms. The standard InChI is InChI=1S/C13H26N2O3S/c1-11-4-6-13(10-14,7-5-11)15-19(16,17)9-12-3-2-8-18-12/h11-12,15H,2-10,14H2,1H3. The molecule has 2 fully saturated rings. The lowest BCUT2D eigenvalue weighted by molar-refractivity contribution is 0.126. The molecule has 1 atom stereocenters. The van der Waals surface area contributed by atoms with Gasteiger partial charge in [-0.3, -0.25) is 0 Å². The van der Waals surface area contributed by atoms with Crippen LogP contribution in [0.25, 0.3) is 0 Å². The molecule has 0 aromatic rings. The van der Waals surface area contributed by atoms with Crippen molar-refractivity contribution in [3.8, 4) is 0 Å². The van der Waals surface area contributed by atoms with Crippen LogP contribution in [0.3, 0.4) is 0 Å². The molecule has 0 radical (unpaired) electrons. The van der Waals surface area contributed by atoms with E-state index in [0.717, 1.165) is 38.5 Å². The number of nitrogens with two attached hydrogens (primary N) is 1. The maximum atomic E-state index is 12.3. The maximum absolute atomic E-state index is 12.3. The molecule has 1 heterocycles. The molecule has 0 spiro atoms. The number of rotatable bonds is 5. The minimum atomic E-state index is -3.31. The summed E-state index contributed by atoms with van der Waals surface area (Å²) < 4.78 is 32.8. The van der Waals surface area contributed by atoms with E-state index in [2.05, 4.69) is 11.6 Å². The summed E-state index contributed by atoms with van der Waals surface area (Å²) in [5.74, 6) is 0.743. The van der Waals surface area contributed by atoms with Gasteiger partial charge in [0.2, 0.25) is 10.0 Å². The summed E-state index contributed by atoms with van der Waals surface area (Å²) in [6.07, 6.45) is 5.42. The van der Waals surface area contributed by atoms with Crippen molar-refractivity contribution in [2.45, 2.75) is 57.1 Å². The Balaban J connectivity index is 1.96. The van der Waals surface area contributed by atoms with Crippen molar-refractivity contribution in [3.05, 3.63) is 0 Å². The molecule has 0 bridgehead atoms. The van der Waals surface area contributed by atoms with Crippen LogP contribution < -0.4 is 10.5 Å². The summed E-state index contributed by atoms with van der Waals surface area (Å²) in [4.78, 5) is 0. The largest absolute Gasteiger partial charge is 0.377 e. The molecule has 1 saturated heterocycles. The van der Waals surface area contributed by atoms with Crippen LogP contribution in [0, 0.1) is 5.92 Å². The van der Waals surface area contributed by atoms with Gasteiger partial charge in [-0.15, -0.1) is 0 Å². The Bertz CT molecular complexity index is 383. The molecule has 1 aliphatic heterocycles. The van der Waals surface area contributed by atoms with Crippen LogP contribution in [0.15, 0.2) is 0 Å². The fraction of sp³-hybridized carbons (Fsp3) is 1.00. The average molecular weight is 290 g/mol. The minimum absolute atomic E-state index is 0.0737. The number of hydrogen-bond acceptors (Lipinski definition) is 4. The molecule has 1 unspecified atom stereocenters. The van der Waals surface area contributed by atoms with E-state index in [4.69, 9.17) is 10.5 Å². The molecule has 0 aromatic heterocycles. The normalized spacial score (nSPS) is 36.5. The number of hydrogen-bond donors (Lipinski definition) is 2. The van der Waals surface area contributed by atoms with Gasteiger partial charge in [-0.25, -0.2) is 13.1 Å². The molecule has 1 aliphatic carbocycles. The van der Waals surface area contributed by atoms with Crippen molar-refractivity contribution < 1.29 is 13.2 Å². The highest BCUT2D eigenvalue weighted by molar-refractivity contribution is 7.89. The van der Waals surface area contributed by atoms with Crippen LogP contribution in [0.2, 0.25) is 0 Å². The fourth-order valence-electron chi connectivity index (χ4n) is 3.05. The number of sulfonamides is 1. The van der Waals surface area contributed by atoms with Crippen molar-refractivity contribution in [3.63, 3.8) is 0 Å². The predicted molar refractivity (Wildman–Crippen MR) is 75.3 cm³/mol. The molecule has 112 valence electrons. The Kier molecular flexibility index (Phi) is 4.87. The van der Waals surface area contributed by atoms with E-state index < -0.39 is 15.6 Å². The second kappa shape index (κ2) is 6.08. The highest BCUT2D eigenvalue weighted by atomic mass is 32.2. The molecule has 3 N–H and O–H groups in total. The van der Waals surface area contributed by atoms with Crippen molar-refractivity contribution in [2.75, 3.05) is 18.9 Å². The summed E-state index contributed by atoms with van der Waals surface area (Å²) >= 11 is 0. The first-order valence-corrected chi connectivity index (χ1v) is 8.93. The zero-order valence-electron chi connectivity index (χ0n) is 11.7. The topological polar surface area (TPSA) is 81.4 Å². The monoisotopic (exact) mass is 290 g/mol. The molecule has 19 heavy (non-hydrogen) atoms. The molecule has 2 aliphatic rings. The molecule has 0 aromatic carbocycles. The van der Waals surface area contributed by atoms with Gasteiger partial charge >= 0.3 is 0 Å². The van der Waals surface area contributed by atoms with Gasteiger partial charge in [0.1, 0.15) is 0 Å². The Morgan fingerprint density at radius 3 is 2.53 bits per heavy atom. The number of ether oxygens (including phenoxy) is 1. The third kappa shape index (κ3) is 4.15. The summed E-state index contributed by atoms with van der Waals surface area (Å²) in [6, 6.07) is 0. The van der Waals surface area contributed by atoms with E-state index in [1.54, 1.807) is 0 Å². The van der Waals surface area contributed by atoms with Crippen molar-refractivity contribution >= 4 is 10.0 Å². The van der Waals surface area contributed by atoms with Crippen LogP contribution in [0.1, 0.15) is 45.4 Å². The Morgan fingerprint density at radius 2 is 2.00 bits per heavy atom.